The Kier molecular flexibility index (Phi) is 35.0. The molecule has 6 atom stereocenters. The lowest BCUT2D eigenvalue weighted by Gasteiger charge is -2.37. The maximum absolute atomic E-state index is 13.1. The van der Waals surface area contributed by atoms with Crippen molar-refractivity contribution in [1.29, 1.82) is 0 Å². The number of rotatable bonds is 35. The lowest BCUT2D eigenvalue weighted by molar-refractivity contribution is -0.134. The van der Waals surface area contributed by atoms with Crippen LogP contribution in [0.2, 0.25) is 0 Å². The van der Waals surface area contributed by atoms with Crippen LogP contribution in [0.15, 0.2) is 115 Å². The van der Waals surface area contributed by atoms with Crippen molar-refractivity contribution in [2.75, 3.05) is 91.2 Å². The Hall–Kier alpha value is -9.99. The van der Waals surface area contributed by atoms with Gasteiger partial charge in [-0.15, -0.1) is 0 Å². The topological polar surface area (TPSA) is 427 Å². The molecular formula is C97H135N15O16S. The van der Waals surface area contributed by atoms with Gasteiger partial charge in [-0.3, -0.25) is 38.4 Å². The third-order valence-corrected chi connectivity index (χ3v) is 27.4. The zero-order valence-electron chi connectivity index (χ0n) is 76.0. The van der Waals surface area contributed by atoms with Gasteiger partial charge in [0.15, 0.2) is 22.8 Å². The van der Waals surface area contributed by atoms with Gasteiger partial charge >= 0.3 is 0 Å². The largest absolute Gasteiger partial charge is 0.383 e. The number of carbonyl (C=O) groups is 8. The van der Waals surface area contributed by atoms with Gasteiger partial charge in [0.05, 0.1) is 61.3 Å². The van der Waals surface area contributed by atoms with Crippen molar-refractivity contribution < 1.29 is 74.3 Å². The summed E-state index contributed by atoms with van der Waals surface area (Å²) in [5.41, 5.74) is 18.4. The van der Waals surface area contributed by atoms with Gasteiger partial charge in [-0.05, 0) is 227 Å². The van der Waals surface area contributed by atoms with Crippen LogP contribution in [0.1, 0.15) is 325 Å². The number of benzene rings is 3. The Bertz CT molecular complexity index is 4940. The molecular weight excluding hydrogens is 1660 g/mol. The predicted molar refractivity (Wildman–Crippen MR) is 486 cm³/mol. The molecule has 3 aromatic carbocycles. The molecule has 0 radical (unpaired) electrons. The number of nitrogens with two attached hydrogens (primary N) is 2. The molecule has 6 saturated carbocycles. The standard InChI is InChI=1S/C28H38N4O3.C25H34N4O4.C24H31N3O5S.C20H32N4O4/c33-27(29-14-17-32-15-5-2-6-16-32)23-11-7-10-22(18-23)26(21-8-3-1-4-9-21)30-28(34)24-19-25(35-31-24)20-12-13-20;1-16-3-5-17(6-4-16)13-20(26)25(31)29-11-9-18(10-12-29)22(15-32-2)27-24(30)21-14-23(33-28-21)19-7-8-19;1-33(30,31)13-12-25-23(28)19-9-5-8-18(14-19)22(17-6-3-2-4-7-17)26-24(29)20-15-21(32-27-20)16-10-11-16;1-12(2)27-11-17(14-6-8-24(9-7-14)20(26)13(3)21)22-19(25)16-10-18(28-23-16)15-4-5-15/h7,10-11,18-21,26H,1-6,8-9,12-17H2,(H,29,33)(H,30,34);3-6,14,18-20,22H,7-13,15,26H2,1-2H3,(H,27,30);5,8-9,14-17,22H,2-4,6-7,10-13H2,1H3,(H,25,28)(H,26,29);10,12-15,17H,4-9,11,21H2,1-3H3,(H,22,25)/t;20-,22?;;13-,17?/m.0.0/s1. The number of hydrogen-bond donors (Lipinski definition) is 8. The van der Waals surface area contributed by atoms with E-state index in [0.29, 0.717) is 110 Å². The SMILES string of the molecule is CC(C)OCC(NC(=O)c1cc(C2CC2)on1)C1CCN(C(=O)[C@H](C)N)CC1.COCC(NC(=O)c1cc(C2CC2)on1)C1CCN(C(=O)[C@@H](N)Cc2ccc(C)cc2)CC1.CS(=O)(=O)CCNC(=O)c1cccc(C(NC(=O)c2cc(C3CC3)on2)C2CCCCC2)c1.O=C(NCCN1CCCCC1)c1cccc(C(NC(=O)c2cc(C3CC3)on2)C2CCCCC2)c1. The van der Waals surface area contributed by atoms with Crippen molar-refractivity contribution >= 4 is 57.1 Å². The molecule has 32 heteroatoms. The number of aromatic nitrogens is 4. The van der Waals surface area contributed by atoms with E-state index in [1.165, 1.54) is 50.5 Å². The van der Waals surface area contributed by atoms with E-state index in [0.717, 1.165) is 181 Å². The fraction of sp³-hybridized carbons (Fsp3) is 0.608. The van der Waals surface area contributed by atoms with Crippen molar-refractivity contribution in [3.05, 3.63) is 176 Å². The second-order valence-corrected chi connectivity index (χ2v) is 39.7. The second-order valence-electron chi connectivity index (χ2n) is 37.5. The highest BCUT2D eigenvalue weighted by molar-refractivity contribution is 7.90. The highest BCUT2D eigenvalue weighted by atomic mass is 32.2. The molecule has 0 bridgehead atoms. The Labute approximate surface area is 757 Å². The van der Waals surface area contributed by atoms with Crippen molar-refractivity contribution in [2.24, 2.45) is 35.1 Å². The summed E-state index contributed by atoms with van der Waals surface area (Å²) in [6.07, 6.45) is 28.6. The molecule has 9 fully saturated rings. The molecule has 700 valence electrons. The van der Waals surface area contributed by atoms with Gasteiger partial charge in [-0.1, -0.05) is 120 Å². The molecule has 129 heavy (non-hydrogen) atoms. The number of piperidine rings is 3. The summed E-state index contributed by atoms with van der Waals surface area (Å²) in [6.45, 7) is 14.9. The van der Waals surface area contributed by atoms with Crippen LogP contribution >= 0.6 is 0 Å². The first-order chi connectivity index (χ1) is 62.3. The summed E-state index contributed by atoms with van der Waals surface area (Å²) < 4.78 is 55.2. The molecule has 0 spiro atoms. The van der Waals surface area contributed by atoms with E-state index in [2.05, 4.69) is 57.4 Å². The molecule has 9 aliphatic rings. The lowest BCUT2D eigenvalue weighted by Crippen LogP contribution is -2.51. The fourth-order valence-electron chi connectivity index (χ4n) is 18.1. The van der Waals surface area contributed by atoms with E-state index < -0.39 is 21.9 Å². The molecule has 16 rings (SSSR count). The van der Waals surface area contributed by atoms with E-state index in [9.17, 15) is 46.8 Å². The Morgan fingerprint density at radius 2 is 0.837 bits per heavy atom. The van der Waals surface area contributed by atoms with Gasteiger partial charge in [-0.2, -0.15) is 0 Å². The maximum atomic E-state index is 13.1. The number of methoxy groups -OCH3 is 1. The van der Waals surface area contributed by atoms with Crippen LogP contribution in [0.3, 0.4) is 0 Å². The van der Waals surface area contributed by atoms with Crippen LogP contribution in [0, 0.1) is 30.6 Å². The number of ether oxygens (including phenoxy) is 2. The zero-order chi connectivity index (χ0) is 91.1. The molecule has 7 aromatic rings. The Balaban J connectivity index is 0.000000147. The van der Waals surface area contributed by atoms with Crippen molar-refractivity contribution in [1.82, 2.24) is 67.2 Å². The molecule has 3 aliphatic heterocycles. The molecule has 10 N–H and O–H groups in total. The summed E-state index contributed by atoms with van der Waals surface area (Å²) >= 11 is 0. The lowest BCUT2D eigenvalue weighted by atomic mass is 9.80. The fourth-order valence-corrected chi connectivity index (χ4v) is 18.6. The number of amides is 8. The van der Waals surface area contributed by atoms with E-state index >= 15 is 0 Å². The first-order valence-corrected chi connectivity index (χ1v) is 49.3. The first-order valence-electron chi connectivity index (χ1n) is 47.3. The van der Waals surface area contributed by atoms with Crippen molar-refractivity contribution in [3.8, 4) is 0 Å². The van der Waals surface area contributed by atoms with Crippen LogP contribution in [-0.4, -0.2) is 213 Å². The number of nitrogens with zero attached hydrogens (tertiary/aromatic N) is 7. The Morgan fingerprint density at radius 3 is 1.22 bits per heavy atom. The average Bonchev–Trinajstić information content (AvgIpc) is 1.78. The van der Waals surface area contributed by atoms with Crippen LogP contribution in [0.25, 0.3) is 0 Å². The summed E-state index contributed by atoms with van der Waals surface area (Å²) in [6, 6.07) is 28.4. The van der Waals surface area contributed by atoms with E-state index in [4.69, 9.17) is 39.0 Å². The number of aryl methyl sites for hydroxylation is 1. The van der Waals surface area contributed by atoms with Crippen molar-refractivity contribution in [2.45, 2.75) is 261 Å². The molecule has 8 amide bonds. The summed E-state index contributed by atoms with van der Waals surface area (Å²) in [5.74, 6) is 4.35. The molecule has 31 nitrogen and oxygen atoms in total. The van der Waals surface area contributed by atoms with Gasteiger partial charge in [-0.25, -0.2) is 8.42 Å². The normalized spacial score (nSPS) is 19.3. The molecule has 7 heterocycles. The van der Waals surface area contributed by atoms with Crippen LogP contribution in [0.5, 0.6) is 0 Å². The summed E-state index contributed by atoms with van der Waals surface area (Å²) in [7, 11) is -1.53. The molecule has 4 unspecified atom stereocenters. The monoisotopic (exact) mass is 1800 g/mol. The third-order valence-electron chi connectivity index (χ3n) is 26.4. The number of nitrogens with one attached hydrogen (secondary N) is 6. The number of hydrogen-bond acceptors (Lipinski definition) is 23. The van der Waals surface area contributed by atoms with E-state index in [1.54, 1.807) is 56.5 Å². The Morgan fingerprint density at radius 1 is 0.450 bits per heavy atom. The summed E-state index contributed by atoms with van der Waals surface area (Å²) in [4.78, 5) is 108. The molecule has 6 aliphatic carbocycles. The number of sulfone groups is 1. The maximum Gasteiger partial charge on any atom is 0.273 e. The van der Waals surface area contributed by atoms with E-state index in [1.807, 2.05) is 85.2 Å². The van der Waals surface area contributed by atoms with Gasteiger partial charge < -0.3 is 85.6 Å². The number of carbonyl (C=O) groups excluding carboxylic acids is 8. The predicted octanol–water partition coefficient (Wildman–Crippen LogP) is 12.3. The van der Waals surface area contributed by atoms with Gasteiger partial charge in [0.25, 0.3) is 35.4 Å². The number of likely N-dealkylation sites (tertiary alicyclic amines) is 3. The molecule has 4 aromatic heterocycles. The molecule has 3 saturated heterocycles. The van der Waals surface area contributed by atoms with Crippen LogP contribution in [-0.2, 0) is 35.3 Å². The average molecular weight is 1800 g/mol. The van der Waals surface area contributed by atoms with Crippen LogP contribution < -0.4 is 43.4 Å². The second kappa shape index (κ2) is 46.7. The minimum Gasteiger partial charge on any atom is -0.383 e. The zero-order valence-corrected chi connectivity index (χ0v) is 76.8. The highest BCUT2D eigenvalue weighted by Gasteiger charge is 2.39. The van der Waals surface area contributed by atoms with Gasteiger partial charge in [0.2, 0.25) is 11.8 Å². The van der Waals surface area contributed by atoms with Crippen LogP contribution in [0.4, 0.5) is 0 Å². The highest BCUT2D eigenvalue weighted by Crippen LogP contribution is 2.44. The summed E-state index contributed by atoms with van der Waals surface area (Å²) in [5, 5.41) is 34.2. The minimum absolute atomic E-state index is 0.0171. The minimum atomic E-state index is -3.15. The van der Waals surface area contributed by atoms with Gasteiger partial charge in [0, 0.05) is 118 Å². The quantitative estimate of drug-likeness (QED) is 0.0183. The first kappa shape index (κ1) is 96.6. The van der Waals surface area contributed by atoms with Crippen molar-refractivity contribution in [3.63, 3.8) is 0 Å². The smallest absolute Gasteiger partial charge is 0.273 e. The van der Waals surface area contributed by atoms with E-state index in [-0.39, 0.29) is 113 Å². The van der Waals surface area contributed by atoms with Gasteiger partial charge in [0.1, 0.15) is 32.9 Å². The third kappa shape index (κ3) is 29.3.